The smallest absolute Gasteiger partial charge is 0.225 e. The fourth-order valence-electron chi connectivity index (χ4n) is 2.94. The number of nitrogens with two attached hydrogens (primary N) is 1. The molecule has 0 unspecified atom stereocenters. The number of rotatable bonds is 7. The highest BCUT2D eigenvalue weighted by Gasteiger charge is 2.39. The first-order chi connectivity index (χ1) is 12.7. The topological polar surface area (TPSA) is 104 Å². The van der Waals surface area contributed by atoms with Crippen LogP contribution in [0.25, 0.3) is 0 Å². The minimum atomic E-state index is 0.188. The lowest BCUT2D eigenvalue weighted by Gasteiger charge is -2.09. The van der Waals surface area contributed by atoms with Crippen LogP contribution in [-0.4, -0.2) is 31.3 Å². The second kappa shape index (κ2) is 6.99. The lowest BCUT2D eigenvalue weighted by molar-refractivity contribution is 0.285. The van der Waals surface area contributed by atoms with Gasteiger partial charge < -0.3 is 15.8 Å². The van der Waals surface area contributed by atoms with Crippen LogP contribution in [-0.2, 0) is 13.6 Å². The number of nitrogen functional groups attached to an aromatic ring is 1. The molecule has 3 aromatic heterocycles. The van der Waals surface area contributed by atoms with Crippen molar-refractivity contribution in [1.82, 2.24) is 24.7 Å². The van der Waals surface area contributed by atoms with Crippen LogP contribution in [0.2, 0.25) is 0 Å². The Bertz CT molecular complexity index is 880. The maximum atomic E-state index is 5.84. The van der Waals surface area contributed by atoms with Crippen molar-refractivity contribution in [3.63, 3.8) is 0 Å². The highest BCUT2D eigenvalue weighted by Crippen LogP contribution is 2.46. The largest absolute Gasteiger partial charge is 0.477 e. The van der Waals surface area contributed by atoms with E-state index in [1.807, 2.05) is 31.6 Å². The number of anilines is 2. The predicted octanol–water partition coefficient (Wildman–Crippen LogP) is 1.98. The lowest BCUT2D eigenvalue weighted by Crippen LogP contribution is -2.08. The maximum absolute atomic E-state index is 5.84. The van der Waals surface area contributed by atoms with Crippen molar-refractivity contribution >= 4 is 11.8 Å². The molecule has 0 aliphatic heterocycles. The van der Waals surface area contributed by atoms with Crippen LogP contribution in [0.4, 0.5) is 11.8 Å². The Balaban J connectivity index is 1.33. The fraction of sp³-hybridized carbons (Fsp3) is 0.333. The fourth-order valence-corrected chi connectivity index (χ4v) is 2.94. The first-order valence-electron chi connectivity index (χ1n) is 8.57. The number of nitrogens with one attached hydrogen (secondary N) is 1. The third-order valence-corrected chi connectivity index (χ3v) is 4.39. The second-order valence-electron chi connectivity index (χ2n) is 6.49. The Labute approximate surface area is 151 Å². The van der Waals surface area contributed by atoms with Gasteiger partial charge in [-0.15, -0.1) is 0 Å². The quantitative estimate of drug-likeness (QED) is 0.671. The van der Waals surface area contributed by atoms with Gasteiger partial charge in [-0.2, -0.15) is 15.1 Å². The molecular formula is C18H21N7O. The summed E-state index contributed by atoms with van der Waals surface area (Å²) >= 11 is 0. The van der Waals surface area contributed by atoms with Gasteiger partial charge in [0.05, 0.1) is 12.8 Å². The van der Waals surface area contributed by atoms with Crippen LogP contribution < -0.4 is 15.8 Å². The molecule has 134 valence electrons. The van der Waals surface area contributed by atoms with Gasteiger partial charge in [-0.3, -0.25) is 9.67 Å². The summed E-state index contributed by atoms with van der Waals surface area (Å²) in [7, 11) is 1.88. The zero-order valence-electron chi connectivity index (χ0n) is 14.5. The molecule has 2 atom stereocenters. The minimum absolute atomic E-state index is 0.188. The molecule has 3 N–H and O–H groups in total. The Morgan fingerprint density at radius 1 is 1.35 bits per heavy atom. The molecule has 1 saturated carbocycles. The molecule has 1 aliphatic carbocycles. The maximum Gasteiger partial charge on any atom is 0.225 e. The summed E-state index contributed by atoms with van der Waals surface area (Å²) in [5.74, 6) is 2.24. The number of ether oxygens (including phenoxy) is 1. The predicted molar refractivity (Wildman–Crippen MR) is 97.6 cm³/mol. The summed E-state index contributed by atoms with van der Waals surface area (Å²) in [6.45, 7) is 1.20. The van der Waals surface area contributed by atoms with E-state index in [0.717, 1.165) is 17.7 Å². The lowest BCUT2D eigenvalue weighted by atomic mass is 10.2. The van der Waals surface area contributed by atoms with E-state index in [9.17, 15) is 0 Å². The van der Waals surface area contributed by atoms with Crippen LogP contribution in [0.1, 0.15) is 23.6 Å². The normalized spacial score (nSPS) is 18.5. The van der Waals surface area contributed by atoms with Gasteiger partial charge in [-0.25, -0.2) is 0 Å². The molecule has 0 spiro atoms. The molecule has 0 bridgehead atoms. The number of hydrogen-bond donors (Lipinski definition) is 2. The standard InChI is InChI=1S/C18H21N7O/c1-25-10-12(9-22-25)8-21-16-7-17(24-18(19)23-16)26-11-13-6-14(13)15-4-2-3-5-20-15/h2-5,7,9-10,13-14H,6,8,11H2,1H3,(H3,19,21,23,24)/t13-,14+/m1/s1. The average molecular weight is 351 g/mol. The van der Waals surface area contributed by atoms with Gasteiger partial charge in [0.25, 0.3) is 0 Å². The average Bonchev–Trinajstić information content (AvgIpc) is 3.31. The van der Waals surface area contributed by atoms with E-state index < -0.39 is 0 Å². The molecule has 0 amide bonds. The Kier molecular flexibility index (Phi) is 4.39. The summed E-state index contributed by atoms with van der Waals surface area (Å²) in [5.41, 5.74) is 7.99. The molecule has 0 saturated heterocycles. The van der Waals surface area contributed by atoms with Crippen LogP contribution in [0, 0.1) is 5.92 Å². The number of hydrogen-bond acceptors (Lipinski definition) is 7. The zero-order chi connectivity index (χ0) is 17.9. The molecule has 4 rings (SSSR count). The van der Waals surface area contributed by atoms with Crippen molar-refractivity contribution < 1.29 is 4.74 Å². The molecule has 3 aromatic rings. The monoisotopic (exact) mass is 351 g/mol. The van der Waals surface area contributed by atoms with Gasteiger partial charge in [0.2, 0.25) is 11.8 Å². The molecule has 8 heteroatoms. The molecule has 0 radical (unpaired) electrons. The van der Waals surface area contributed by atoms with E-state index in [1.54, 1.807) is 16.9 Å². The van der Waals surface area contributed by atoms with Crippen molar-refractivity contribution in [1.29, 1.82) is 0 Å². The minimum Gasteiger partial charge on any atom is -0.477 e. The second-order valence-corrected chi connectivity index (χ2v) is 6.49. The van der Waals surface area contributed by atoms with Crippen LogP contribution >= 0.6 is 0 Å². The molecule has 3 heterocycles. The first kappa shape index (κ1) is 16.3. The van der Waals surface area contributed by atoms with E-state index in [-0.39, 0.29) is 5.95 Å². The number of nitrogens with zero attached hydrogens (tertiary/aromatic N) is 5. The highest BCUT2D eigenvalue weighted by molar-refractivity contribution is 5.43. The van der Waals surface area contributed by atoms with Gasteiger partial charge in [0.1, 0.15) is 5.82 Å². The van der Waals surface area contributed by atoms with Crippen molar-refractivity contribution in [2.45, 2.75) is 18.9 Å². The van der Waals surface area contributed by atoms with Crippen molar-refractivity contribution in [3.8, 4) is 5.88 Å². The first-order valence-corrected chi connectivity index (χ1v) is 8.57. The molecule has 1 fully saturated rings. The SMILES string of the molecule is Cn1cc(CNc2cc(OC[C@H]3C[C@@H]3c3ccccn3)nc(N)n2)cn1. The van der Waals surface area contributed by atoms with Crippen molar-refractivity contribution in [2.75, 3.05) is 17.7 Å². The van der Waals surface area contributed by atoms with Crippen molar-refractivity contribution in [2.24, 2.45) is 13.0 Å². The third kappa shape index (κ3) is 3.90. The van der Waals surface area contributed by atoms with Gasteiger partial charge >= 0.3 is 0 Å². The molecule has 0 aromatic carbocycles. The van der Waals surface area contributed by atoms with E-state index >= 15 is 0 Å². The van der Waals surface area contributed by atoms with Crippen LogP contribution in [0.15, 0.2) is 42.9 Å². The summed E-state index contributed by atoms with van der Waals surface area (Å²) in [6.07, 6.45) is 6.67. The molecule has 8 nitrogen and oxygen atoms in total. The van der Waals surface area contributed by atoms with E-state index in [0.29, 0.717) is 36.7 Å². The number of pyridine rings is 1. The third-order valence-electron chi connectivity index (χ3n) is 4.39. The van der Waals surface area contributed by atoms with Gasteiger partial charge in [-0.1, -0.05) is 6.07 Å². The highest BCUT2D eigenvalue weighted by atomic mass is 16.5. The number of aryl methyl sites for hydroxylation is 1. The van der Waals surface area contributed by atoms with Crippen molar-refractivity contribution in [3.05, 3.63) is 54.1 Å². The van der Waals surface area contributed by atoms with Gasteiger partial charge in [0, 0.05) is 55.1 Å². The summed E-state index contributed by atoms with van der Waals surface area (Å²) in [5, 5.41) is 7.36. The summed E-state index contributed by atoms with van der Waals surface area (Å²) in [6, 6.07) is 7.78. The van der Waals surface area contributed by atoms with Gasteiger partial charge in [0.15, 0.2) is 0 Å². The van der Waals surface area contributed by atoms with E-state index in [2.05, 4.69) is 31.4 Å². The number of aromatic nitrogens is 5. The molecular weight excluding hydrogens is 330 g/mol. The summed E-state index contributed by atoms with van der Waals surface area (Å²) in [4.78, 5) is 12.8. The van der Waals surface area contributed by atoms with Crippen LogP contribution in [0.5, 0.6) is 5.88 Å². The molecule has 26 heavy (non-hydrogen) atoms. The van der Waals surface area contributed by atoms with E-state index in [1.165, 1.54) is 0 Å². The summed E-state index contributed by atoms with van der Waals surface area (Å²) < 4.78 is 7.60. The Morgan fingerprint density at radius 3 is 3.04 bits per heavy atom. The Hall–Kier alpha value is -3.16. The van der Waals surface area contributed by atoms with Gasteiger partial charge in [-0.05, 0) is 18.6 Å². The van der Waals surface area contributed by atoms with Crippen LogP contribution in [0.3, 0.4) is 0 Å². The Morgan fingerprint density at radius 2 is 2.27 bits per heavy atom. The van der Waals surface area contributed by atoms with E-state index in [4.69, 9.17) is 10.5 Å². The zero-order valence-corrected chi connectivity index (χ0v) is 14.5. The molecule has 1 aliphatic rings.